The molecule has 1 aromatic heterocycles. The van der Waals surface area contributed by atoms with Crippen LogP contribution in [0.5, 0.6) is 0 Å². The van der Waals surface area contributed by atoms with Crippen molar-refractivity contribution in [2.45, 2.75) is 32.8 Å². The average Bonchev–Trinajstić information content (AvgIpc) is 2.82. The summed E-state index contributed by atoms with van der Waals surface area (Å²) in [5.41, 5.74) is 1.96. The Bertz CT molecular complexity index is 616. The number of hydrazine groups is 2. The molecule has 0 spiro atoms. The molecule has 0 aliphatic carbocycles. The molecule has 126 valence electrons. The Morgan fingerprint density at radius 1 is 1.43 bits per heavy atom. The maximum atomic E-state index is 13.3. The van der Waals surface area contributed by atoms with E-state index in [1.54, 1.807) is 40.2 Å². The second kappa shape index (κ2) is 6.37. The van der Waals surface area contributed by atoms with E-state index >= 15 is 0 Å². The van der Waals surface area contributed by atoms with Gasteiger partial charge in [0.25, 0.3) is 6.43 Å². The Kier molecular flexibility index (Phi) is 4.69. The van der Waals surface area contributed by atoms with Crippen molar-refractivity contribution in [3.8, 4) is 0 Å². The highest BCUT2D eigenvalue weighted by Gasteiger charge is 2.24. The molecular weight excluding hydrogens is 308 g/mol. The van der Waals surface area contributed by atoms with Gasteiger partial charge in [0.05, 0.1) is 17.4 Å². The highest BCUT2D eigenvalue weighted by Crippen LogP contribution is 2.31. The van der Waals surface area contributed by atoms with Crippen LogP contribution in [0.15, 0.2) is 24.7 Å². The minimum atomic E-state index is -2.75. The zero-order valence-corrected chi connectivity index (χ0v) is 13.3. The largest absolute Gasteiger partial charge is 0.444 e. The van der Waals surface area contributed by atoms with Crippen molar-refractivity contribution in [2.24, 2.45) is 0 Å². The molecule has 0 radical (unpaired) electrons. The smallest absolute Gasteiger partial charge is 0.412 e. The zero-order valence-electron chi connectivity index (χ0n) is 13.3. The number of carbonyl (C=O) groups excluding carboxylic acids is 1. The van der Waals surface area contributed by atoms with Gasteiger partial charge in [-0.15, -0.1) is 5.12 Å². The second-order valence-corrected chi connectivity index (χ2v) is 5.88. The number of aromatic nitrogens is 1. The van der Waals surface area contributed by atoms with Crippen molar-refractivity contribution < 1.29 is 18.3 Å². The van der Waals surface area contributed by atoms with Gasteiger partial charge in [-0.05, 0) is 26.8 Å². The molecule has 0 fully saturated rings. The van der Waals surface area contributed by atoms with Crippen LogP contribution >= 0.6 is 0 Å². The van der Waals surface area contributed by atoms with Crippen molar-refractivity contribution in [3.05, 3.63) is 30.2 Å². The molecule has 1 amide bonds. The van der Waals surface area contributed by atoms with Crippen molar-refractivity contribution in [1.29, 1.82) is 0 Å². The molecule has 23 heavy (non-hydrogen) atoms. The Morgan fingerprint density at radius 2 is 2.13 bits per heavy atom. The fraction of sp³-hybridized carbons (Fsp3) is 0.429. The Morgan fingerprint density at radius 3 is 2.65 bits per heavy atom. The summed E-state index contributed by atoms with van der Waals surface area (Å²) in [5.74, 6) is 0.0680. The van der Waals surface area contributed by atoms with Crippen LogP contribution in [-0.4, -0.2) is 28.8 Å². The lowest BCUT2D eigenvalue weighted by Crippen LogP contribution is -2.39. The Hall–Kier alpha value is -2.42. The maximum absolute atomic E-state index is 13.3. The van der Waals surface area contributed by atoms with Crippen LogP contribution in [0.1, 0.15) is 32.8 Å². The number of ether oxygens (including phenoxy) is 1. The van der Waals surface area contributed by atoms with Crippen LogP contribution < -0.4 is 15.8 Å². The van der Waals surface area contributed by atoms with Gasteiger partial charge >= 0.3 is 6.09 Å². The zero-order chi connectivity index (χ0) is 17.2. The van der Waals surface area contributed by atoms with Gasteiger partial charge in [-0.3, -0.25) is 5.32 Å². The predicted octanol–water partition coefficient (Wildman–Crippen LogP) is 3.01. The highest BCUT2D eigenvalue weighted by molar-refractivity contribution is 5.85. The van der Waals surface area contributed by atoms with Gasteiger partial charge < -0.3 is 10.2 Å². The number of rotatable bonds is 3. The minimum absolute atomic E-state index is 0.0680. The fourth-order valence-electron chi connectivity index (χ4n) is 1.90. The van der Waals surface area contributed by atoms with Gasteiger partial charge in [-0.25, -0.2) is 23.6 Å². The summed E-state index contributed by atoms with van der Waals surface area (Å²) in [4.78, 5) is 15.7. The van der Waals surface area contributed by atoms with Crippen molar-refractivity contribution >= 4 is 17.6 Å². The number of nitrogens with zero attached hydrogens (tertiary/aromatic N) is 3. The first kappa shape index (κ1) is 16.9. The quantitative estimate of drug-likeness (QED) is 0.889. The number of hydrogen-bond donors (Lipinski definition) is 2. The molecule has 2 heterocycles. The van der Waals surface area contributed by atoms with Gasteiger partial charge in [-0.1, -0.05) is 0 Å². The van der Waals surface area contributed by atoms with E-state index in [0.717, 1.165) is 0 Å². The topological polar surface area (TPSA) is 69.7 Å². The van der Waals surface area contributed by atoms with E-state index in [4.69, 9.17) is 4.74 Å². The standard InChI is InChI=1S/C14H19F2N5O2/c1-14(2,3)23-13(22)19-9-7-10(11(15)16)12(17-8-9)21-6-5-18-20(21)4/h5-8,11,18H,1-4H3,(H,19,22). The molecule has 1 aromatic rings. The van der Waals surface area contributed by atoms with Crippen LogP contribution in [-0.2, 0) is 4.74 Å². The first-order valence-corrected chi connectivity index (χ1v) is 6.91. The molecule has 0 atom stereocenters. The van der Waals surface area contributed by atoms with E-state index in [1.807, 2.05) is 0 Å². The predicted molar refractivity (Wildman–Crippen MR) is 81.6 cm³/mol. The normalized spacial score (nSPS) is 15.0. The second-order valence-electron chi connectivity index (χ2n) is 5.88. The molecule has 0 saturated heterocycles. The van der Waals surface area contributed by atoms with E-state index in [9.17, 15) is 13.6 Å². The molecule has 0 bridgehead atoms. The van der Waals surface area contributed by atoms with E-state index in [1.165, 1.54) is 22.4 Å². The first-order chi connectivity index (χ1) is 10.7. The number of anilines is 2. The fourth-order valence-corrected chi connectivity index (χ4v) is 1.90. The van der Waals surface area contributed by atoms with Gasteiger partial charge in [-0.2, -0.15) is 0 Å². The summed E-state index contributed by atoms with van der Waals surface area (Å²) in [5, 5.41) is 5.32. The third-order valence-corrected chi connectivity index (χ3v) is 2.79. The maximum Gasteiger partial charge on any atom is 0.412 e. The lowest BCUT2D eigenvalue weighted by atomic mass is 10.2. The van der Waals surface area contributed by atoms with Crippen LogP contribution in [0.4, 0.5) is 25.1 Å². The number of alkyl halides is 2. The van der Waals surface area contributed by atoms with Gasteiger partial charge in [0.1, 0.15) is 5.60 Å². The summed E-state index contributed by atoms with van der Waals surface area (Å²) in [6.45, 7) is 5.13. The third kappa shape index (κ3) is 4.28. The molecule has 2 rings (SSSR count). The monoisotopic (exact) mass is 327 g/mol. The summed E-state index contributed by atoms with van der Waals surface area (Å²) in [6.07, 6.45) is 0.969. The van der Waals surface area contributed by atoms with Crippen molar-refractivity contribution in [1.82, 2.24) is 15.5 Å². The SMILES string of the molecule is CN1NC=CN1c1ncc(NC(=O)OC(C)(C)C)cc1C(F)F. The van der Waals surface area contributed by atoms with Crippen LogP contribution in [0.3, 0.4) is 0 Å². The van der Waals surface area contributed by atoms with Gasteiger partial charge in [0.15, 0.2) is 5.82 Å². The number of nitrogens with one attached hydrogen (secondary N) is 2. The number of halogens is 2. The molecule has 0 aromatic carbocycles. The molecule has 0 unspecified atom stereocenters. The molecule has 2 N–H and O–H groups in total. The minimum Gasteiger partial charge on any atom is -0.444 e. The molecule has 0 saturated carbocycles. The molecule has 7 nitrogen and oxygen atoms in total. The van der Waals surface area contributed by atoms with E-state index in [0.29, 0.717) is 0 Å². The summed E-state index contributed by atoms with van der Waals surface area (Å²) >= 11 is 0. The van der Waals surface area contributed by atoms with Crippen molar-refractivity contribution in [2.75, 3.05) is 17.4 Å². The summed E-state index contributed by atoms with van der Waals surface area (Å²) < 4.78 is 31.7. The number of pyridine rings is 1. The van der Waals surface area contributed by atoms with E-state index in [-0.39, 0.29) is 17.1 Å². The molecular formula is C14H19F2N5O2. The van der Waals surface area contributed by atoms with Gasteiger partial charge in [0, 0.05) is 19.4 Å². The lowest BCUT2D eigenvalue weighted by molar-refractivity contribution is 0.0635. The average molecular weight is 327 g/mol. The van der Waals surface area contributed by atoms with Crippen LogP contribution in [0, 0.1) is 0 Å². The van der Waals surface area contributed by atoms with Gasteiger partial charge in [0.2, 0.25) is 0 Å². The third-order valence-electron chi connectivity index (χ3n) is 2.79. The van der Waals surface area contributed by atoms with Crippen LogP contribution in [0.2, 0.25) is 0 Å². The molecule has 1 aliphatic heterocycles. The number of hydrogen-bond acceptors (Lipinski definition) is 6. The Balaban J connectivity index is 2.22. The highest BCUT2D eigenvalue weighted by atomic mass is 19.3. The van der Waals surface area contributed by atoms with E-state index < -0.39 is 18.1 Å². The van der Waals surface area contributed by atoms with Crippen LogP contribution in [0.25, 0.3) is 0 Å². The first-order valence-electron chi connectivity index (χ1n) is 6.91. The summed E-state index contributed by atoms with van der Waals surface area (Å²) in [7, 11) is 1.66. The summed E-state index contributed by atoms with van der Waals surface area (Å²) in [6, 6.07) is 1.18. The lowest BCUT2D eigenvalue weighted by Gasteiger charge is -2.25. The number of amides is 1. The van der Waals surface area contributed by atoms with Crippen molar-refractivity contribution in [3.63, 3.8) is 0 Å². The van der Waals surface area contributed by atoms with E-state index in [2.05, 4.69) is 15.7 Å². The number of carbonyl (C=O) groups is 1. The molecule has 9 heteroatoms. The molecule has 1 aliphatic rings. The Labute approximate surface area is 132 Å².